The molecule has 0 aliphatic rings. The Kier molecular flexibility index (Phi) is 5.25. The highest BCUT2D eigenvalue weighted by Crippen LogP contribution is 2.36. The first-order valence-electron chi connectivity index (χ1n) is 7.53. The van der Waals surface area contributed by atoms with Gasteiger partial charge in [0.1, 0.15) is 28.5 Å². The Morgan fingerprint density at radius 2 is 1.80 bits per heavy atom. The number of nitrogen functional groups attached to an aromatic ring is 1. The van der Waals surface area contributed by atoms with E-state index in [2.05, 4.69) is 15.3 Å². The molecule has 0 aliphatic heterocycles. The summed E-state index contributed by atoms with van der Waals surface area (Å²) in [5.74, 6) is 1.88. The molecule has 0 bridgehead atoms. The molecule has 1 aromatic heterocycles. The minimum Gasteiger partial charge on any atom is -0.497 e. The van der Waals surface area contributed by atoms with Crippen molar-refractivity contribution in [2.24, 2.45) is 0 Å². The fraction of sp³-hybridized carbons (Fsp3) is 0.111. The zero-order valence-corrected chi connectivity index (χ0v) is 14.7. The highest BCUT2D eigenvalue weighted by molar-refractivity contribution is 7.99. The zero-order chi connectivity index (χ0) is 17.6. The minimum absolute atomic E-state index is 0.473. The molecule has 3 aromatic rings. The summed E-state index contributed by atoms with van der Waals surface area (Å²) < 4.78 is 10.6. The van der Waals surface area contributed by atoms with E-state index in [4.69, 9.17) is 15.2 Å². The minimum atomic E-state index is 0.473. The van der Waals surface area contributed by atoms with Crippen LogP contribution in [0.3, 0.4) is 0 Å². The zero-order valence-electron chi connectivity index (χ0n) is 13.9. The van der Waals surface area contributed by atoms with E-state index in [1.54, 1.807) is 14.2 Å². The van der Waals surface area contributed by atoms with Gasteiger partial charge in [-0.05, 0) is 24.3 Å². The van der Waals surface area contributed by atoms with Crippen molar-refractivity contribution in [1.82, 2.24) is 9.97 Å². The van der Waals surface area contributed by atoms with Crippen molar-refractivity contribution in [3.05, 3.63) is 54.9 Å². The van der Waals surface area contributed by atoms with E-state index in [0.29, 0.717) is 33.7 Å². The lowest BCUT2D eigenvalue weighted by Gasteiger charge is -2.14. The van der Waals surface area contributed by atoms with E-state index in [-0.39, 0.29) is 0 Å². The van der Waals surface area contributed by atoms with Crippen LogP contribution in [0.2, 0.25) is 0 Å². The molecular formula is C18H18N4O2S. The summed E-state index contributed by atoms with van der Waals surface area (Å²) in [6, 6.07) is 15.4. The standard InChI is InChI=1S/C18H18N4O2S/c1-23-12-8-9-15(24-2)14(10-12)22-17-16(19)18(21-11-20-17)25-13-6-4-3-5-7-13/h3-11H,19H2,1-2H3,(H,20,21,22). The maximum atomic E-state index is 6.26. The number of ether oxygens (including phenoxy) is 2. The Morgan fingerprint density at radius 1 is 1.00 bits per heavy atom. The van der Waals surface area contributed by atoms with Gasteiger partial charge in [-0.15, -0.1) is 0 Å². The number of hydrogen-bond donors (Lipinski definition) is 2. The second-order valence-electron chi connectivity index (χ2n) is 5.05. The molecule has 0 spiro atoms. The van der Waals surface area contributed by atoms with Gasteiger partial charge in [0.25, 0.3) is 0 Å². The van der Waals surface area contributed by atoms with Crippen LogP contribution in [-0.2, 0) is 0 Å². The quantitative estimate of drug-likeness (QED) is 0.648. The van der Waals surface area contributed by atoms with E-state index in [9.17, 15) is 0 Å². The largest absolute Gasteiger partial charge is 0.497 e. The molecule has 1 heterocycles. The molecule has 3 N–H and O–H groups in total. The number of nitrogens with one attached hydrogen (secondary N) is 1. The molecule has 0 fully saturated rings. The van der Waals surface area contributed by atoms with Crippen molar-refractivity contribution in [1.29, 1.82) is 0 Å². The predicted molar refractivity (Wildman–Crippen MR) is 99.8 cm³/mol. The topological polar surface area (TPSA) is 82.3 Å². The number of aromatic nitrogens is 2. The summed E-state index contributed by atoms with van der Waals surface area (Å²) >= 11 is 1.48. The molecule has 0 aliphatic carbocycles. The van der Waals surface area contributed by atoms with E-state index in [1.807, 2.05) is 48.5 Å². The summed E-state index contributed by atoms with van der Waals surface area (Å²) in [6.45, 7) is 0. The summed E-state index contributed by atoms with van der Waals surface area (Å²) in [5, 5.41) is 3.88. The molecule has 0 radical (unpaired) electrons. The van der Waals surface area contributed by atoms with E-state index >= 15 is 0 Å². The van der Waals surface area contributed by atoms with Crippen LogP contribution in [0.5, 0.6) is 11.5 Å². The highest BCUT2D eigenvalue weighted by atomic mass is 32.2. The van der Waals surface area contributed by atoms with Crippen molar-refractivity contribution in [3.63, 3.8) is 0 Å². The van der Waals surface area contributed by atoms with Crippen LogP contribution in [0.1, 0.15) is 0 Å². The van der Waals surface area contributed by atoms with Gasteiger partial charge >= 0.3 is 0 Å². The number of nitrogens with two attached hydrogens (primary N) is 1. The lowest BCUT2D eigenvalue weighted by Crippen LogP contribution is -2.03. The molecule has 2 aromatic carbocycles. The molecule has 6 nitrogen and oxygen atoms in total. The molecule has 0 unspecified atom stereocenters. The second kappa shape index (κ2) is 7.76. The normalized spacial score (nSPS) is 10.3. The monoisotopic (exact) mass is 354 g/mol. The van der Waals surface area contributed by atoms with Gasteiger partial charge in [-0.3, -0.25) is 0 Å². The Hall–Kier alpha value is -2.93. The Labute approximate surface area is 150 Å². The van der Waals surface area contributed by atoms with Gasteiger partial charge in [-0.25, -0.2) is 9.97 Å². The van der Waals surface area contributed by atoms with E-state index < -0.39 is 0 Å². The Balaban J connectivity index is 1.90. The van der Waals surface area contributed by atoms with Gasteiger partial charge in [0.05, 0.1) is 19.9 Å². The van der Waals surface area contributed by atoms with Gasteiger partial charge in [-0.2, -0.15) is 0 Å². The van der Waals surface area contributed by atoms with Crippen LogP contribution in [-0.4, -0.2) is 24.2 Å². The predicted octanol–water partition coefficient (Wildman–Crippen LogP) is 3.97. The van der Waals surface area contributed by atoms with Crippen molar-refractivity contribution in [2.45, 2.75) is 9.92 Å². The average molecular weight is 354 g/mol. The first-order chi connectivity index (χ1) is 12.2. The van der Waals surface area contributed by atoms with Crippen molar-refractivity contribution < 1.29 is 9.47 Å². The van der Waals surface area contributed by atoms with Crippen LogP contribution in [0.15, 0.2) is 64.8 Å². The average Bonchev–Trinajstić information content (AvgIpc) is 2.65. The molecule has 25 heavy (non-hydrogen) atoms. The first-order valence-corrected chi connectivity index (χ1v) is 8.35. The highest BCUT2D eigenvalue weighted by Gasteiger charge is 2.12. The molecule has 0 atom stereocenters. The molecule has 0 amide bonds. The van der Waals surface area contributed by atoms with E-state index in [0.717, 1.165) is 4.90 Å². The molecule has 128 valence electrons. The molecule has 7 heteroatoms. The first kappa shape index (κ1) is 16.9. The number of rotatable bonds is 6. The maximum absolute atomic E-state index is 6.26. The Morgan fingerprint density at radius 3 is 2.52 bits per heavy atom. The lowest BCUT2D eigenvalue weighted by atomic mass is 10.2. The summed E-state index contributed by atoms with van der Waals surface area (Å²) in [6.07, 6.45) is 1.48. The number of nitrogens with zero attached hydrogens (tertiary/aromatic N) is 2. The van der Waals surface area contributed by atoms with Crippen LogP contribution in [0, 0.1) is 0 Å². The van der Waals surface area contributed by atoms with Crippen LogP contribution in [0.4, 0.5) is 17.2 Å². The molecule has 0 saturated carbocycles. The van der Waals surface area contributed by atoms with Gasteiger partial charge in [0, 0.05) is 11.0 Å². The number of methoxy groups -OCH3 is 2. The van der Waals surface area contributed by atoms with Crippen molar-refractivity contribution in [2.75, 3.05) is 25.3 Å². The van der Waals surface area contributed by atoms with E-state index in [1.165, 1.54) is 18.1 Å². The third-order valence-electron chi connectivity index (χ3n) is 3.46. The molecule has 3 rings (SSSR count). The number of hydrogen-bond acceptors (Lipinski definition) is 7. The third-order valence-corrected chi connectivity index (χ3v) is 4.49. The summed E-state index contributed by atoms with van der Waals surface area (Å²) in [7, 11) is 3.21. The number of anilines is 3. The fourth-order valence-electron chi connectivity index (χ4n) is 2.20. The van der Waals surface area contributed by atoms with Crippen LogP contribution < -0.4 is 20.5 Å². The molecular weight excluding hydrogens is 336 g/mol. The smallest absolute Gasteiger partial charge is 0.158 e. The summed E-state index contributed by atoms with van der Waals surface area (Å²) in [4.78, 5) is 9.59. The Bertz CT molecular complexity index is 859. The SMILES string of the molecule is COc1ccc(OC)c(Nc2ncnc(Sc3ccccc3)c2N)c1. The van der Waals surface area contributed by atoms with Gasteiger partial charge in [0.2, 0.25) is 0 Å². The van der Waals surface area contributed by atoms with Gasteiger partial charge in [0.15, 0.2) is 5.82 Å². The number of benzene rings is 2. The lowest BCUT2D eigenvalue weighted by molar-refractivity contribution is 0.405. The van der Waals surface area contributed by atoms with Crippen molar-refractivity contribution >= 4 is 29.0 Å². The van der Waals surface area contributed by atoms with Crippen LogP contribution >= 0.6 is 11.8 Å². The molecule has 0 saturated heterocycles. The van der Waals surface area contributed by atoms with Gasteiger partial charge in [-0.1, -0.05) is 30.0 Å². The second-order valence-corrected chi connectivity index (χ2v) is 6.11. The summed E-state index contributed by atoms with van der Waals surface area (Å²) in [5.41, 5.74) is 7.45. The third kappa shape index (κ3) is 3.95. The van der Waals surface area contributed by atoms with Crippen LogP contribution in [0.25, 0.3) is 0 Å². The van der Waals surface area contributed by atoms with Crippen molar-refractivity contribution in [3.8, 4) is 11.5 Å². The fourth-order valence-corrected chi connectivity index (χ4v) is 3.02. The maximum Gasteiger partial charge on any atom is 0.158 e. The van der Waals surface area contributed by atoms with Gasteiger partial charge < -0.3 is 20.5 Å².